The van der Waals surface area contributed by atoms with Gasteiger partial charge in [0.2, 0.25) is 0 Å². The zero-order valence-corrected chi connectivity index (χ0v) is 40.6. The van der Waals surface area contributed by atoms with E-state index in [2.05, 4.69) is 179 Å². The Hall–Kier alpha value is -3.66. The SMILES string of the molecule is CC1=CC[C@@H](C/C=C(\C)CO)C(C)(C)[C@@H]1/C=C/C(C)=C/C=C/C(C)=C/C=C/C=C(C)/C=C/C=C(C)/C=C/[C@@H]1C(C)=CC[C@@H](C/C=C(\C)CO[C@@H]2O[C@H](CO)[C@@H](O)[C@H](O)[C@H]2O)C1(C)C. The summed E-state index contributed by atoms with van der Waals surface area (Å²) < 4.78 is 11.2. The molecule has 0 bridgehead atoms. The quantitative estimate of drug-likeness (QED) is 0.0648. The maximum absolute atomic E-state index is 10.3. The largest absolute Gasteiger partial charge is 0.394 e. The molecule has 0 radical (unpaired) electrons. The molecule has 3 rings (SSSR count). The highest BCUT2D eigenvalue weighted by Gasteiger charge is 2.44. The maximum atomic E-state index is 10.3. The molecule has 9 atom stereocenters. The number of ether oxygens (including phenoxy) is 2. The highest BCUT2D eigenvalue weighted by atomic mass is 16.7. The number of aliphatic hydroxyl groups excluding tert-OH is 5. The van der Waals surface area contributed by atoms with E-state index in [0.29, 0.717) is 23.7 Å². The Morgan fingerprint density at radius 2 is 1.05 bits per heavy atom. The summed E-state index contributed by atoms with van der Waals surface area (Å²) in [6.07, 6.45) is 37.1. The predicted octanol–water partition coefficient (Wildman–Crippen LogP) is 11.3. The third kappa shape index (κ3) is 16.4. The van der Waals surface area contributed by atoms with E-state index in [1.54, 1.807) is 0 Å². The summed E-state index contributed by atoms with van der Waals surface area (Å²) in [6, 6.07) is 0. The molecular formula is C56H82O7. The van der Waals surface area contributed by atoms with Gasteiger partial charge >= 0.3 is 0 Å². The normalized spacial score (nSPS) is 30.7. The second kappa shape index (κ2) is 25.7. The van der Waals surface area contributed by atoms with Gasteiger partial charge in [0.15, 0.2) is 6.29 Å². The Bertz CT molecular complexity index is 1900. The molecule has 1 fully saturated rings. The van der Waals surface area contributed by atoms with Gasteiger partial charge in [0.25, 0.3) is 0 Å². The molecule has 0 unspecified atom stereocenters. The van der Waals surface area contributed by atoms with Crippen LogP contribution in [0.25, 0.3) is 0 Å². The molecule has 3 aliphatic rings. The van der Waals surface area contributed by atoms with Crippen molar-refractivity contribution in [2.45, 2.75) is 139 Å². The average Bonchev–Trinajstić information content (AvgIpc) is 3.22. The molecule has 5 N–H and O–H groups in total. The van der Waals surface area contributed by atoms with Crippen LogP contribution in [0, 0.1) is 34.5 Å². The lowest BCUT2D eigenvalue weighted by atomic mass is 9.61. The van der Waals surface area contributed by atoms with Crippen LogP contribution in [-0.4, -0.2) is 76.1 Å². The molecule has 0 spiro atoms. The smallest absolute Gasteiger partial charge is 0.187 e. The van der Waals surface area contributed by atoms with Crippen LogP contribution in [0.1, 0.15) is 109 Å². The lowest BCUT2D eigenvalue weighted by molar-refractivity contribution is -0.299. The Morgan fingerprint density at radius 3 is 1.49 bits per heavy atom. The van der Waals surface area contributed by atoms with Crippen molar-refractivity contribution in [2.24, 2.45) is 34.5 Å². The van der Waals surface area contributed by atoms with Crippen LogP contribution in [-0.2, 0) is 9.47 Å². The number of aliphatic hydroxyl groups is 5. The molecule has 1 saturated heterocycles. The molecule has 0 aromatic rings. The lowest BCUT2D eigenvalue weighted by Crippen LogP contribution is -2.59. The Labute approximate surface area is 381 Å². The summed E-state index contributed by atoms with van der Waals surface area (Å²) in [5.41, 5.74) is 9.76. The molecule has 0 aromatic carbocycles. The third-order valence-corrected chi connectivity index (χ3v) is 13.6. The molecule has 7 nitrogen and oxygen atoms in total. The zero-order chi connectivity index (χ0) is 46.9. The van der Waals surface area contributed by atoms with Crippen molar-refractivity contribution in [1.82, 2.24) is 0 Å². The van der Waals surface area contributed by atoms with Crippen molar-refractivity contribution >= 4 is 0 Å². The number of hydrogen-bond acceptors (Lipinski definition) is 7. The van der Waals surface area contributed by atoms with E-state index in [0.717, 1.165) is 42.4 Å². The van der Waals surface area contributed by atoms with E-state index in [9.17, 15) is 25.5 Å². The van der Waals surface area contributed by atoms with Gasteiger partial charge in [-0.15, -0.1) is 0 Å². The Balaban J connectivity index is 1.51. The maximum Gasteiger partial charge on any atom is 0.187 e. The van der Waals surface area contributed by atoms with Crippen molar-refractivity contribution < 1.29 is 35.0 Å². The van der Waals surface area contributed by atoms with E-state index in [4.69, 9.17) is 9.47 Å². The van der Waals surface area contributed by atoms with Crippen LogP contribution in [0.2, 0.25) is 0 Å². The van der Waals surface area contributed by atoms with Gasteiger partial charge in [-0.25, -0.2) is 0 Å². The number of rotatable bonds is 19. The van der Waals surface area contributed by atoms with Crippen LogP contribution < -0.4 is 0 Å². The minimum absolute atomic E-state index is 0.0231. The minimum Gasteiger partial charge on any atom is -0.394 e. The summed E-state index contributed by atoms with van der Waals surface area (Å²) >= 11 is 0. The second-order valence-electron chi connectivity index (χ2n) is 19.6. The van der Waals surface area contributed by atoms with Gasteiger partial charge in [-0.1, -0.05) is 182 Å². The van der Waals surface area contributed by atoms with Crippen molar-refractivity contribution in [3.8, 4) is 0 Å². The van der Waals surface area contributed by atoms with Crippen molar-refractivity contribution in [2.75, 3.05) is 19.8 Å². The van der Waals surface area contributed by atoms with Gasteiger partial charge in [0, 0.05) is 11.8 Å². The fourth-order valence-electron chi connectivity index (χ4n) is 8.86. The topological polar surface area (TPSA) is 120 Å². The molecule has 2 aliphatic carbocycles. The fourth-order valence-corrected chi connectivity index (χ4v) is 8.86. The first kappa shape index (κ1) is 53.7. The molecule has 0 amide bonds. The van der Waals surface area contributed by atoms with Crippen LogP contribution in [0.4, 0.5) is 0 Å². The molecule has 1 aliphatic heterocycles. The molecule has 0 saturated carbocycles. The molecule has 7 heteroatoms. The first-order valence-electron chi connectivity index (χ1n) is 23.0. The molecular weight excluding hydrogens is 785 g/mol. The van der Waals surface area contributed by atoms with Crippen LogP contribution in [0.15, 0.2) is 154 Å². The molecule has 1 heterocycles. The summed E-state index contributed by atoms with van der Waals surface area (Å²) in [7, 11) is 0. The van der Waals surface area contributed by atoms with Crippen LogP contribution in [0.5, 0.6) is 0 Å². The highest BCUT2D eigenvalue weighted by Crippen LogP contribution is 2.49. The third-order valence-electron chi connectivity index (χ3n) is 13.6. The molecule has 63 heavy (non-hydrogen) atoms. The van der Waals surface area contributed by atoms with Gasteiger partial charge in [-0.3, -0.25) is 0 Å². The second-order valence-corrected chi connectivity index (χ2v) is 19.6. The van der Waals surface area contributed by atoms with Gasteiger partial charge in [0.05, 0.1) is 19.8 Å². The van der Waals surface area contributed by atoms with E-state index in [-0.39, 0.29) is 24.0 Å². The summed E-state index contributed by atoms with van der Waals surface area (Å²) in [6.45, 7) is 26.3. The lowest BCUT2D eigenvalue weighted by Gasteiger charge is -2.43. The van der Waals surface area contributed by atoms with Crippen LogP contribution >= 0.6 is 0 Å². The van der Waals surface area contributed by atoms with Crippen molar-refractivity contribution in [3.05, 3.63) is 154 Å². The minimum atomic E-state index is -1.45. The monoisotopic (exact) mass is 867 g/mol. The van der Waals surface area contributed by atoms with E-state index in [1.165, 1.54) is 27.9 Å². The van der Waals surface area contributed by atoms with Gasteiger partial charge in [-0.05, 0) is 104 Å². The average molecular weight is 867 g/mol. The molecule has 348 valence electrons. The summed E-state index contributed by atoms with van der Waals surface area (Å²) in [5, 5.41) is 49.3. The van der Waals surface area contributed by atoms with Gasteiger partial charge in [0.1, 0.15) is 24.4 Å². The van der Waals surface area contributed by atoms with E-state index < -0.39 is 37.3 Å². The first-order valence-corrected chi connectivity index (χ1v) is 23.0. The Morgan fingerprint density at radius 1 is 0.619 bits per heavy atom. The highest BCUT2D eigenvalue weighted by molar-refractivity contribution is 5.33. The number of hydrogen-bond donors (Lipinski definition) is 5. The van der Waals surface area contributed by atoms with Gasteiger partial charge in [-0.2, -0.15) is 0 Å². The van der Waals surface area contributed by atoms with Gasteiger partial charge < -0.3 is 35.0 Å². The fraction of sp³-hybridized carbons (Fsp3) is 0.536. The van der Waals surface area contributed by atoms with Crippen molar-refractivity contribution in [3.63, 3.8) is 0 Å². The zero-order valence-electron chi connectivity index (χ0n) is 40.6. The standard InChI is InChI=1S/C56H82O7/c1-38(19-15-21-40(3)25-33-48-44(7)27-31-46(55(48,9)10)29-23-42(5)35-57)17-13-14-18-39(2)20-16-22-41(4)26-34-49-45(8)28-32-47(56(49,11)12)30-24-43(6)37-62-54-53(61)52(60)51(59)50(36-58)63-54/h13-28,33-34,46-54,57-61H,29-32,35-37H2,1-12H3/b14-13+,19-15+,20-16+,33-25+,34-26+,38-17+,39-18+,40-21+,41-22+,42-23+,43-24+/t46-,47-,48-,49-,50-,51-,52+,53-,54-/m1/s1. The first-order chi connectivity index (χ1) is 29.7. The van der Waals surface area contributed by atoms with Crippen molar-refractivity contribution in [1.29, 1.82) is 0 Å². The Kier molecular flexibility index (Phi) is 21.9. The summed E-state index contributed by atoms with van der Waals surface area (Å²) in [5.74, 6) is 1.64. The van der Waals surface area contributed by atoms with E-state index >= 15 is 0 Å². The van der Waals surface area contributed by atoms with Crippen LogP contribution in [0.3, 0.4) is 0 Å². The van der Waals surface area contributed by atoms with E-state index in [1.807, 2.05) is 13.8 Å². The predicted molar refractivity (Wildman–Crippen MR) is 263 cm³/mol. The molecule has 0 aromatic heterocycles. The summed E-state index contributed by atoms with van der Waals surface area (Å²) in [4.78, 5) is 0. The number of allylic oxidation sites excluding steroid dienone is 24.